The number of fused-ring (bicyclic) bond motifs is 1. The zero-order chi connectivity index (χ0) is 20.4. The van der Waals surface area contributed by atoms with E-state index in [2.05, 4.69) is 6.58 Å². The maximum atomic E-state index is 12.9. The third-order valence-electron chi connectivity index (χ3n) is 4.99. The summed E-state index contributed by atoms with van der Waals surface area (Å²) in [7, 11) is 0. The number of hydrogen-bond acceptors (Lipinski definition) is 8. The second-order valence-electron chi connectivity index (χ2n) is 7.43. The Morgan fingerprint density at radius 1 is 1.36 bits per heavy atom. The number of carbonyl (C=O) groups excluding carboxylic acids is 1. The third-order valence-corrected chi connectivity index (χ3v) is 4.99. The van der Waals surface area contributed by atoms with Gasteiger partial charge < -0.3 is 24.1 Å². The number of benzene rings is 1. The van der Waals surface area contributed by atoms with Crippen molar-refractivity contribution >= 4 is 5.97 Å². The maximum absolute atomic E-state index is 12.9. The van der Waals surface area contributed by atoms with Gasteiger partial charge in [-0.25, -0.2) is 5.90 Å². The molecule has 3 rings (SSSR count). The van der Waals surface area contributed by atoms with Crippen LogP contribution in [-0.4, -0.2) is 47.6 Å². The van der Waals surface area contributed by atoms with Crippen LogP contribution in [0.1, 0.15) is 25.8 Å². The van der Waals surface area contributed by atoms with Crippen molar-refractivity contribution in [2.24, 2.45) is 11.8 Å². The number of aliphatic hydroxyl groups excluding tert-OH is 1. The summed E-state index contributed by atoms with van der Waals surface area (Å²) in [5.41, 5.74) is 0.811. The van der Waals surface area contributed by atoms with Crippen molar-refractivity contribution in [3.63, 3.8) is 0 Å². The molecule has 0 radical (unpaired) electrons. The van der Waals surface area contributed by atoms with Crippen LogP contribution in [0.5, 0.6) is 0 Å². The average Bonchev–Trinajstić information content (AvgIpc) is 2.68. The van der Waals surface area contributed by atoms with Gasteiger partial charge in [0.05, 0.1) is 6.61 Å². The minimum atomic E-state index is -1.63. The Hall–Kier alpha value is -1.81. The van der Waals surface area contributed by atoms with Gasteiger partial charge in [0.25, 0.3) is 0 Å². The second-order valence-corrected chi connectivity index (χ2v) is 7.43. The first-order valence-corrected chi connectivity index (χ1v) is 9.19. The zero-order valence-corrected chi connectivity index (χ0v) is 16.1. The first-order chi connectivity index (χ1) is 13.3. The van der Waals surface area contributed by atoms with E-state index in [0.717, 1.165) is 5.56 Å². The van der Waals surface area contributed by atoms with Crippen molar-refractivity contribution in [2.45, 2.75) is 56.8 Å². The van der Waals surface area contributed by atoms with E-state index in [1.165, 1.54) is 6.08 Å². The number of aliphatic hydroxyl groups is 1. The fourth-order valence-corrected chi connectivity index (χ4v) is 3.65. The summed E-state index contributed by atoms with van der Waals surface area (Å²) in [6, 6.07) is 9.21. The molecule has 0 bridgehead atoms. The number of ether oxygens (including phenoxy) is 4. The highest BCUT2D eigenvalue weighted by Crippen LogP contribution is 2.43. The van der Waals surface area contributed by atoms with Gasteiger partial charge in [0.2, 0.25) is 5.79 Å². The second kappa shape index (κ2) is 8.28. The van der Waals surface area contributed by atoms with Gasteiger partial charge in [0, 0.05) is 6.42 Å². The van der Waals surface area contributed by atoms with Crippen LogP contribution in [0.2, 0.25) is 0 Å². The molecule has 2 fully saturated rings. The standard InChI is InChI=1S/C20H27NO7/c1-4-10-20(28-21)15(18(23)24-11-13-8-6-5-7-9-13)16(22)17-14(26-20)12-25-19(2,3)27-17/h4-9,14-17,22H,1,10-12,21H2,2-3H3/t14-,15+,16-,17-,20-/m1/s1. The van der Waals surface area contributed by atoms with Crippen LogP contribution in [0, 0.1) is 5.92 Å². The zero-order valence-electron chi connectivity index (χ0n) is 16.1. The maximum Gasteiger partial charge on any atom is 0.317 e. The highest BCUT2D eigenvalue weighted by Gasteiger charge is 2.61. The summed E-state index contributed by atoms with van der Waals surface area (Å²) in [6.07, 6.45) is -1.16. The summed E-state index contributed by atoms with van der Waals surface area (Å²) < 4.78 is 22.9. The molecule has 8 nitrogen and oxygen atoms in total. The Bertz CT molecular complexity index is 695. The summed E-state index contributed by atoms with van der Waals surface area (Å²) in [4.78, 5) is 18.1. The molecule has 2 saturated heterocycles. The molecule has 8 heteroatoms. The number of nitrogens with two attached hydrogens (primary N) is 1. The van der Waals surface area contributed by atoms with E-state index in [1.807, 2.05) is 30.3 Å². The summed E-state index contributed by atoms with van der Waals surface area (Å²) in [5, 5.41) is 11.0. The van der Waals surface area contributed by atoms with Gasteiger partial charge in [-0.1, -0.05) is 36.4 Å². The Kier molecular flexibility index (Phi) is 6.18. The molecule has 0 aliphatic carbocycles. The smallest absolute Gasteiger partial charge is 0.317 e. The van der Waals surface area contributed by atoms with E-state index in [1.54, 1.807) is 13.8 Å². The van der Waals surface area contributed by atoms with Gasteiger partial charge in [-0.15, -0.1) is 6.58 Å². The van der Waals surface area contributed by atoms with Gasteiger partial charge in [-0.05, 0) is 19.4 Å². The number of esters is 1. The van der Waals surface area contributed by atoms with Crippen molar-refractivity contribution in [1.82, 2.24) is 0 Å². The van der Waals surface area contributed by atoms with E-state index >= 15 is 0 Å². The molecule has 0 unspecified atom stereocenters. The van der Waals surface area contributed by atoms with E-state index < -0.39 is 41.8 Å². The molecule has 5 atom stereocenters. The van der Waals surface area contributed by atoms with Gasteiger partial charge in [0.15, 0.2) is 5.79 Å². The van der Waals surface area contributed by atoms with Crippen LogP contribution in [0.3, 0.4) is 0 Å². The van der Waals surface area contributed by atoms with Crippen LogP contribution >= 0.6 is 0 Å². The Morgan fingerprint density at radius 3 is 2.71 bits per heavy atom. The fraction of sp³-hybridized carbons (Fsp3) is 0.550. The molecule has 1 aromatic carbocycles. The quantitative estimate of drug-likeness (QED) is 0.424. The van der Waals surface area contributed by atoms with Crippen molar-refractivity contribution in [2.75, 3.05) is 6.61 Å². The van der Waals surface area contributed by atoms with Crippen molar-refractivity contribution < 1.29 is 33.7 Å². The molecule has 28 heavy (non-hydrogen) atoms. The Morgan fingerprint density at radius 2 is 2.07 bits per heavy atom. The van der Waals surface area contributed by atoms with Gasteiger partial charge in [0.1, 0.15) is 30.8 Å². The molecular weight excluding hydrogens is 366 g/mol. The molecule has 0 amide bonds. The monoisotopic (exact) mass is 393 g/mol. The molecule has 154 valence electrons. The van der Waals surface area contributed by atoms with Crippen LogP contribution in [0.25, 0.3) is 0 Å². The Labute approximate surface area is 164 Å². The fourth-order valence-electron chi connectivity index (χ4n) is 3.65. The van der Waals surface area contributed by atoms with E-state index in [-0.39, 0.29) is 19.6 Å². The van der Waals surface area contributed by atoms with Crippen molar-refractivity contribution in [3.05, 3.63) is 48.6 Å². The van der Waals surface area contributed by atoms with Gasteiger partial charge in [-0.2, -0.15) is 0 Å². The predicted molar refractivity (Wildman–Crippen MR) is 98.3 cm³/mol. The van der Waals surface area contributed by atoms with Crippen molar-refractivity contribution in [3.8, 4) is 0 Å². The molecule has 2 aliphatic heterocycles. The Balaban J connectivity index is 1.84. The molecule has 3 N–H and O–H groups in total. The molecular formula is C20H27NO7. The van der Waals surface area contributed by atoms with Gasteiger partial charge in [-0.3, -0.25) is 9.63 Å². The lowest BCUT2D eigenvalue weighted by Crippen LogP contribution is -2.69. The summed E-state index contributed by atoms with van der Waals surface area (Å²) in [5.74, 6) is 1.04. The van der Waals surface area contributed by atoms with Crippen LogP contribution in [0.15, 0.2) is 43.0 Å². The number of rotatable bonds is 6. The first kappa shape index (κ1) is 20.9. The largest absolute Gasteiger partial charge is 0.460 e. The number of carbonyl (C=O) groups is 1. The summed E-state index contributed by atoms with van der Waals surface area (Å²) >= 11 is 0. The molecule has 1 aromatic rings. The normalized spacial score (nSPS) is 34.3. The van der Waals surface area contributed by atoms with Crippen molar-refractivity contribution in [1.29, 1.82) is 0 Å². The average molecular weight is 393 g/mol. The minimum Gasteiger partial charge on any atom is -0.460 e. The van der Waals surface area contributed by atoms with Crippen LogP contribution < -0.4 is 5.90 Å². The minimum absolute atomic E-state index is 0.0428. The van der Waals surface area contributed by atoms with E-state index in [9.17, 15) is 9.90 Å². The first-order valence-electron chi connectivity index (χ1n) is 9.19. The summed E-state index contributed by atoms with van der Waals surface area (Å²) in [6.45, 7) is 7.33. The predicted octanol–water partition coefficient (Wildman–Crippen LogP) is 1.42. The lowest BCUT2D eigenvalue weighted by Gasteiger charge is -2.52. The lowest BCUT2D eigenvalue weighted by molar-refractivity contribution is -0.405. The molecule has 0 saturated carbocycles. The van der Waals surface area contributed by atoms with E-state index in [0.29, 0.717) is 0 Å². The van der Waals surface area contributed by atoms with Crippen LogP contribution in [0.4, 0.5) is 0 Å². The van der Waals surface area contributed by atoms with E-state index in [4.69, 9.17) is 29.7 Å². The lowest BCUT2D eigenvalue weighted by atomic mass is 9.82. The topological polar surface area (TPSA) is 109 Å². The van der Waals surface area contributed by atoms with Gasteiger partial charge >= 0.3 is 5.97 Å². The molecule has 0 spiro atoms. The molecule has 0 aromatic heterocycles. The third kappa shape index (κ3) is 4.12. The van der Waals surface area contributed by atoms with Crippen LogP contribution in [-0.2, 0) is 35.2 Å². The molecule has 2 aliphatic rings. The highest BCUT2D eigenvalue weighted by molar-refractivity contribution is 5.75. The SMILES string of the molecule is C=CC[C@]1(ON)O[C@@H]2COC(C)(C)O[C@H]2[C@H](O)[C@H]1C(=O)OCc1ccccc1. The highest BCUT2D eigenvalue weighted by atomic mass is 16.8. The molecule has 2 heterocycles. The number of hydrogen-bond donors (Lipinski definition) is 2.